The fraction of sp³-hybridized carbons (Fsp3) is 0.857. The van der Waals surface area contributed by atoms with Crippen LogP contribution in [-0.4, -0.2) is 32.6 Å². The maximum atomic E-state index is 10.4. The summed E-state index contributed by atoms with van der Waals surface area (Å²) in [6, 6.07) is 0.340. The van der Waals surface area contributed by atoms with Gasteiger partial charge in [-0.25, -0.2) is 0 Å². The Kier molecular flexibility index (Phi) is 5.78. The molecule has 0 aliphatic heterocycles. The van der Waals surface area contributed by atoms with Gasteiger partial charge in [0.2, 0.25) is 5.91 Å². The fourth-order valence-corrected chi connectivity index (χ4v) is 0.911. The Labute approximate surface area is 67.5 Å². The number of hydrogen-bond acceptors (Lipinski definition) is 3. The van der Waals surface area contributed by atoms with Crippen LogP contribution in [0, 0.1) is 0 Å². The lowest BCUT2D eigenvalue weighted by Gasteiger charge is -2.13. The lowest BCUT2D eigenvalue weighted by atomic mass is 10.1. The highest BCUT2D eigenvalue weighted by Crippen LogP contribution is 1.93. The zero-order chi connectivity index (χ0) is 8.69. The number of hydrogen-bond donors (Lipinski definition) is 3. The summed E-state index contributed by atoms with van der Waals surface area (Å²) in [6.45, 7) is 0.865. The minimum absolute atomic E-state index is 0.235. The molecular weight excluding hydrogens is 142 g/mol. The van der Waals surface area contributed by atoms with Crippen molar-refractivity contribution >= 4 is 5.91 Å². The lowest BCUT2D eigenvalue weighted by Crippen LogP contribution is -2.35. The molecule has 0 aliphatic carbocycles. The molecule has 1 atom stereocenters. The minimum Gasteiger partial charge on any atom is -0.370 e. The molecule has 0 radical (unpaired) electrons. The molecule has 1 amide bonds. The van der Waals surface area contributed by atoms with Crippen LogP contribution in [0.5, 0.6) is 0 Å². The highest BCUT2D eigenvalue weighted by Gasteiger charge is 2.05. The Balaban J connectivity index is 3.43. The van der Waals surface area contributed by atoms with Crippen molar-refractivity contribution in [2.45, 2.75) is 18.9 Å². The monoisotopic (exact) mass is 159 g/mol. The molecule has 0 spiro atoms. The van der Waals surface area contributed by atoms with Crippen LogP contribution in [0.15, 0.2) is 0 Å². The van der Waals surface area contributed by atoms with Crippen LogP contribution in [-0.2, 0) is 4.79 Å². The third kappa shape index (κ3) is 5.82. The van der Waals surface area contributed by atoms with Crippen molar-refractivity contribution in [3.63, 3.8) is 0 Å². The fourth-order valence-electron chi connectivity index (χ4n) is 0.911. The van der Waals surface area contributed by atoms with Crippen LogP contribution in [0.4, 0.5) is 0 Å². The van der Waals surface area contributed by atoms with E-state index in [9.17, 15) is 4.79 Å². The van der Waals surface area contributed by atoms with Gasteiger partial charge in [0.15, 0.2) is 0 Å². The second-order valence-corrected chi connectivity index (χ2v) is 2.55. The highest BCUT2D eigenvalue weighted by molar-refractivity contribution is 5.73. The zero-order valence-corrected chi connectivity index (χ0v) is 7.18. The smallest absolute Gasteiger partial charge is 0.217 e. The summed E-state index contributed by atoms with van der Waals surface area (Å²) >= 11 is 0. The zero-order valence-electron chi connectivity index (χ0n) is 7.18. The molecule has 0 saturated carbocycles. The van der Waals surface area contributed by atoms with Gasteiger partial charge in [-0.1, -0.05) is 0 Å². The molecule has 0 aromatic carbocycles. The maximum Gasteiger partial charge on any atom is 0.217 e. The highest BCUT2D eigenvalue weighted by atomic mass is 16.1. The second kappa shape index (κ2) is 6.12. The summed E-state index contributed by atoms with van der Waals surface area (Å²) in [5, 5.41) is 6.12. The molecule has 0 aliphatic rings. The van der Waals surface area contributed by atoms with Crippen molar-refractivity contribution in [1.82, 2.24) is 10.6 Å². The quantitative estimate of drug-likeness (QED) is 0.468. The molecule has 4 nitrogen and oxygen atoms in total. The first kappa shape index (κ1) is 10.4. The molecule has 0 saturated heterocycles. The first-order valence-electron chi connectivity index (χ1n) is 3.81. The van der Waals surface area contributed by atoms with Crippen molar-refractivity contribution in [2.75, 3.05) is 20.6 Å². The Bertz CT molecular complexity index is 116. The van der Waals surface area contributed by atoms with Gasteiger partial charge < -0.3 is 16.4 Å². The van der Waals surface area contributed by atoms with E-state index in [4.69, 9.17) is 5.73 Å². The van der Waals surface area contributed by atoms with Crippen LogP contribution in [0.1, 0.15) is 12.8 Å². The molecule has 0 heterocycles. The Hall–Kier alpha value is -0.610. The van der Waals surface area contributed by atoms with E-state index in [-0.39, 0.29) is 5.91 Å². The molecule has 0 aromatic rings. The summed E-state index contributed by atoms with van der Waals surface area (Å²) in [5.41, 5.74) is 5.00. The standard InChI is InChI=1S/C7H17N3O/c1-9-5-6(10-2)3-4-7(8)11/h6,9-10H,3-5H2,1-2H3,(H2,8,11). The number of carbonyl (C=O) groups excluding carboxylic acids is 1. The van der Waals surface area contributed by atoms with Gasteiger partial charge in [0.25, 0.3) is 0 Å². The van der Waals surface area contributed by atoms with Gasteiger partial charge in [-0.05, 0) is 20.5 Å². The van der Waals surface area contributed by atoms with Crippen molar-refractivity contribution in [2.24, 2.45) is 5.73 Å². The van der Waals surface area contributed by atoms with E-state index in [0.717, 1.165) is 13.0 Å². The Morgan fingerprint density at radius 1 is 1.55 bits per heavy atom. The molecule has 0 bridgehead atoms. The maximum absolute atomic E-state index is 10.4. The topological polar surface area (TPSA) is 67.1 Å². The van der Waals surface area contributed by atoms with E-state index < -0.39 is 0 Å². The molecule has 66 valence electrons. The van der Waals surface area contributed by atoms with Crippen molar-refractivity contribution in [3.8, 4) is 0 Å². The van der Waals surface area contributed by atoms with E-state index in [0.29, 0.717) is 12.5 Å². The summed E-state index contributed by atoms with van der Waals surface area (Å²) in [7, 11) is 3.76. The van der Waals surface area contributed by atoms with Crippen LogP contribution in [0.2, 0.25) is 0 Å². The number of carbonyl (C=O) groups is 1. The number of likely N-dealkylation sites (N-methyl/N-ethyl adjacent to an activating group) is 2. The van der Waals surface area contributed by atoms with Crippen molar-refractivity contribution < 1.29 is 4.79 Å². The van der Waals surface area contributed by atoms with E-state index in [2.05, 4.69) is 10.6 Å². The predicted molar refractivity (Wildman–Crippen MR) is 45.2 cm³/mol. The first-order valence-corrected chi connectivity index (χ1v) is 3.81. The van der Waals surface area contributed by atoms with Crippen LogP contribution < -0.4 is 16.4 Å². The van der Waals surface area contributed by atoms with Crippen LogP contribution in [0.3, 0.4) is 0 Å². The molecule has 11 heavy (non-hydrogen) atoms. The van der Waals surface area contributed by atoms with E-state index in [1.165, 1.54) is 0 Å². The van der Waals surface area contributed by atoms with Gasteiger partial charge in [0, 0.05) is 19.0 Å². The number of nitrogens with two attached hydrogens (primary N) is 1. The molecular formula is C7H17N3O. The summed E-state index contributed by atoms with van der Waals surface area (Å²) in [5.74, 6) is -0.235. The molecule has 0 aromatic heterocycles. The largest absolute Gasteiger partial charge is 0.370 e. The molecule has 0 rings (SSSR count). The minimum atomic E-state index is -0.235. The van der Waals surface area contributed by atoms with E-state index in [1.807, 2.05) is 14.1 Å². The summed E-state index contributed by atoms with van der Waals surface area (Å²) in [4.78, 5) is 10.4. The van der Waals surface area contributed by atoms with Crippen molar-refractivity contribution in [1.29, 1.82) is 0 Å². The molecule has 1 unspecified atom stereocenters. The first-order chi connectivity index (χ1) is 5.20. The van der Waals surface area contributed by atoms with Gasteiger partial charge >= 0.3 is 0 Å². The molecule has 4 heteroatoms. The van der Waals surface area contributed by atoms with E-state index >= 15 is 0 Å². The number of amides is 1. The lowest BCUT2D eigenvalue weighted by molar-refractivity contribution is -0.118. The molecule has 0 fully saturated rings. The normalized spacial score (nSPS) is 12.9. The van der Waals surface area contributed by atoms with Gasteiger partial charge in [0.05, 0.1) is 0 Å². The van der Waals surface area contributed by atoms with Gasteiger partial charge in [-0.15, -0.1) is 0 Å². The summed E-state index contributed by atoms with van der Waals surface area (Å²) < 4.78 is 0. The third-order valence-electron chi connectivity index (χ3n) is 1.60. The summed E-state index contributed by atoms with van der Waals surface area (Å²) in [6.07, 6.45) is 1.25. The average Bonchev–Trinajstić information content (AvgIpc) is 1.97. The second-order valence-electron chi connectivity index (χ2n) is 2.55. The Morgan fingerprint density at radius 2 is 2.18 bits per heavy atom. The van der Waals surface area contributed by atoms with E-state index in [1.54, 1.807) is 0 Å². The van der Waals surface area contributed by atoms with Gasteiger partial charge in [0.1, 0.15) is 0 Å². The average molecular weight is 159 g/mol. The Morgan fingerprint density at radius 3 is 2.55 bits per heavy atom. The predicted octanol–water partition coefficient (Wildman–Crippen LogP) is -0.941. The SMILES string of the molecule is CNCC(CCC(N)=O)NC. The number of rotatable bonds is 6. The number of nitrogens with one attached hydrogen (secondary N) is 2. The van der Waals surface area contributed by atoms with Crippen molar-refractivity contribution in [3.05, 3.63) is 0 Å². The van der Waals surface area contributed by atoms with Gasteiger partial charge in [-0.3, -0.25) is 4.79 Å². The van der Waals surface area contributed by atoms with Crippen LogP contribution >= 0.6 is 0 Å². The van der Waals surface area contributed by atoms with Gasteiger partial charge in [-0.2, -0.15) is 0 Å². The number of primary amides is 1. The molecule has 4 N–H and O–H groups in total. The third-order valence-corrected chi connectivity index (χ3v) is 1.60. The van der Waals surface area contributed by atoms with Crippen LogP contribution in [0.25, 0.3) is 0 Å².